The molecule has 0 rings (SSSR count). The standard InChI is InChI=1S/C21H37BrO3/c1-2-3-4-5-6-7-8-9-10-11-12-13-14-15-16-17-20(23)25-21(24)18-19-22/h9-10H,2-8,11-19H2,1H3. The monoisotopic (exact) mass is 416 g/mol. The first kappa shape index (κ1) is 24.4. The van der Waals surface area contributed by atoms with Gasteiger partial charge in [0.15, 0.2) is 0 Å². The van der Waals surface area contributed by atoms with Crippen LogP contribution in [0.5, 0.6) is 0 Å². The van der Waals surface area contributed by atoms with Crippen LogP contribution in [0.4, 0.5) is 0 Å². The van der Waals surface area contributed by atoms with Crippen LogP contribution in [-0.4, -0.2) is 17.3 Å². The molecule has 0 unspecified atom stereocenters. The maximum Gasteiger partial charge on any atom is 0.314 e. The molecule has 0 aromatic heterocycles. The summed E-state index contributed by atoms with van der Waals surface area (Å²) in [5, 5.41) is 0.534. The summed E-state index contributed by atoms with van der Waals surface area (Å²) in [6, 6.07) is 0. The summed E-state index contributed by atoms with van der Waals surface area (Å²) in [4.78, 5) is 22.5. The molecule has 146 valence electrons. The van der Waals surface area contributed by atoms with Crippen LogP contribution in [0.3, 0.4) is 0 Å². The maximum atomic E-state index is 11.4. The molecule has 3 nitrogen and oxygen atoms in total. The molecule has 0 saturated carbocycles. The second-order valence-corrected chi connectivity index (χ2v) is 7.41. The zero-order valence-electron chi connectivity index (χ0n) is 16.1. The average Bonchev–Trinajstić information content (AvgIpc) is 2.58. The molecule has 0 N–H and O–H groups in total. The topological polar surface area (TPSA) is 43.4 Å². The van der Waals surface area contributed by atoms with Crippen molar-refractivity contribution < 1.29 is 14.3 Å². The van der Waals surface area contributed by atoms with Crippen LogP contribution in [0.25, 0.3) is 0 Å². The van der Waals surface area contributed by atoms with Crippen LogP contribution in [0.15, 0.2) is 12.2 Å². The van der Waals surface area contributed by atoms with Crippen molar-refractivity contribution in [1.29, 1.82) is 0 Å². The Hall–Kier alpha value is -0.640. The highest BCUT2D eigenvalue weighted by atomic mass is 79.9. The number of rotatable bonds is 17. The lowest BCUT2D eigenvalue weighted by atomic mass is 10.1. The molecule has 0 aromatic carbocycles. The predicted molar refractivity (Wildman–Crippen MR) is 109 cm³/mol. The molecule has 0 aliphatic heterocycles. The Kier molecular flexibility index (Phi) is 19.2. The van der Waals surface area contributed by atoms with Crippen molar-refractivity contribution in [3.05, 3.63) is 12.2 Å². The summed E-state index contributed by atoms with van der Waals surface area (Å²) in [7, 11) is 0. The van der Waals surface area contributed by atoms with E-state index in [1.807, 2.05) is 0 Å². The van der Waals surface area contributed by atoms with Gasteiger partial charge in [0, 0.05) is 11.8 Å². The lowest BCUT2D eigenvalue weighted by Gasteiger charge is -2.02. The second-order valence-electron chi connectivity index (χ2n) is 6.62. The third-order valence-corrected chi connectivity index (χ3v) is 4.57. The average molecular weight is 417 g/mol. The molecule has 4 heteroatoms. The van der Waals surface area contributed by atoms with E-state index in [-0.39, 0.29) is 12.4 Å². The normalized spacial score (nSPS) is 11.1. The summed E-state index contributed by atoms with van der Waals surface area (Å²) in [6.07, 6.45) is 21.2. The van der Waals surface area contributed by atoms with Crippen molar-refractivity contribution in [2.24, 2.45) is 0 Å². The molecule has 0 spiro atoms. The summed E-state index contributed by atoms with van der Waals surface area (Å²) in [6.45, 7) is 2.26. The first-order valence-electron chi connectivity index (χ1n) is 10.1. The number of allylic oxidation sites excluding steroid dienone is 2. The zero-order valence-corrected chi connectivity index (χ0v) is 17.7. The number of alkyl halides is 1. The van der Waals surface area contributed by atoms with Crippen molar-refractivity contribution in [1.82, 2.24) is 0 Å². The number of halogens is 1. The third-order valence-electron chi connectivity index (χ3n) is 4.17. The number of hydrogen-bond donors (Lipinski definition) is 0. The number of esters is 2. The van der Waals surface area contributed by atoms with Gasteiger partial charge in [-0.2, -0.15) is 0 Å². The van der Waals surface area contributed by atoms with Crippen molar-refractivity contribution >= 4 is 27.9 Å². The minimum atomic E-state index is -0.436. The molecule has 0 heterocycles. The van der Waals surface area contributed by atoms with E-state index < -0.39 is 5.97 Å². The molecule has 25 heavy (non-hydrogen) atoms. The molecular formula is C21H37BrO3. The van der Waals surface area contributed by atoms with Crippen LogP contribution < -0.4 is 0 Å². The molecule has 0 aromatic rings. The highest BCUT2D eigenvalue weighted by Gasteiger charge is 2.08. The summed E-state index contributed by atoms with van der Waals surface area (Å²) >= 11 is 3.15. The largest absolute Gasteiger partial charge is 0.393 e. The molecule has 0 aliphatic carbocycles. The van der Waals surface area contributed by atoms with Gasteiger partial charge in [-0.1, -0.05) is 86.4 Å². The van der Waals surface area contributed by atoms with E-state index in [2.05, 4.69) is 35.0 Å². The van der Waals surface area contributed by atoms with Crippen LogP contribution in [0.1, 0.15) is 103 Å². The summed E-state index contributed by atoms with van der Waals surface area (Å²) in [5.41, 5.74) is 0. The summed E-state index contributed by atoms with van der Waals surface area (Å²) in [5.74, 6) is -0.821. The predicted octanol–water partition coefficient (Wildman–Crippen LogP) is 6.88. The number of carbonyl (C=O) groups is 2. The van der Waals surface area contributed by atoms with E-state index in [4.69, 9.17) is 4.74 Å². The van der Waals surface area contributed by atoms with Crippen molar-refractivity contribution in [2.75, 3.05) is 5.33 Å². The van der Waals surface area contributed by atoms with Crippen molar-refractivity contribution in [3.63, 3.8) is 0 Å². The molecule has 0 fully saturated rings. The van der Waals surface area contributed by atoms with Crippen LogP contribution in [0.2, 0.25) is 0 Å². The van der Waals surface area contributed by atoms with Gasteiger partial charge in [-0.05, 0) is 32.1 Å². The van der Waals surface area contributed by atoms with E-state index in [1.165, 1.54) is 64.2 Å². The zero-order chi connectivity index (χ0) is 18.6. The van der Waals surface area contributed by atoms with Gasteiger partial charge in [0.2, 0.25) is 0 Å². The number of unbranched alkanes of at least 4 members (excludes halogenated alkanes) is 11. The Balaban J connectivity index is 3.26. The molecule has 0 radical (unpaired) electrons. The van der Waals surface area contributed by atoms with Crippen LogP contribution >= 0.6 is 15.9 Å². The fraction of sp³-hybridized carbons (Fsp3) is 0.810. The SMILES string of the molecule is CCCCCCCCC=CCCCCCCCC(=O)OC(=O)CCBr. The first-order valence-corrected chi connectivity index (χ1v) is 11.3. The Morgan fingerprint density at radius 3 is 1.76 bits per heavy atom. The van der Waals surface area contributed by atoms with Crippen molar-refractivity contribution in [3.8, 4) is 0 Å². The smallest absolute Gasteiger partial charge is 0.314 e. The number of ether oxygens (including phenoxy) is 1. The second kappa shape index (κ2) is 19.7. The van der Waals surface area contributed by atoms with Gasteiger partial charge in [-0.3, -0.25) is 9.59 Å². The Labute approximate surface area is 163 Å². The van der Waals surface area contributed by atoms with E-state index in [0.717, 1.165) is 19.3 Å². The van der Waals surface area contributed by atoms with Gasteiger partial charge < -0.3 is 4.74 Å². The van der Waals surface area contributed by atoms with Gasteiger partial charge >= 0.3 is 11.9 Å². The molecular weight excluding hydrogens is 380 g/mol. The molecule has 0 atom stereocenters. The highest BCUT2D eigenvalue weighted by Crippen LogP contribution is 2.10. The van der Waals surface area contributed by atoms with E-state index >= 15 is 0 Å². The van der Waals surface area contributed by atoms with Crippen molar-refractivity contribution in [2.45, 2.75) is 103 Å². The lowest BCUT2D eigenvalue weighted by Crippen LogP contribution is -2.12. The molecule has 0 aliphatic rings. The minimum absolute atomic E-state index is 0.248. The van der Waals surface area contributed by atoms with Gasteiger partial charge in [-0.25, -0.2) is 0 Å². The maximum absolute atomic E-state index is 11.4. The third kappa shape index (κ3) is 19.5. The Morgan fingerprint density at radius 1 is 0.720 bits per heavy atom. The van der Waals surface area contributed by atoms with Gasteiger partial charge in [0.1, 0.15) is 0 Å². The molecule has 0 amide bonds. The minimum Gasteiger partial charge on any atom is -0.393 e. The fourth-order valence-corrected chi connectivity index (χ4v) is 2.97. The fourth-order valence-electron chi connectivity index (χ4n) is 2.65. The van der Waals surface area contributed by atoms with Gasteiger partial charge in [-0.15, -0.1) is 0 Å². The van der Waals surface area contributed by atoms with Gasteiger partial charge in [0.25, 0.3) is 0 Å². The first-order chi connectivity index (χ1) is 12.2. The summed E-state index contributed by atoms with van der Waals surface area (Å²) < 4.78 is 4.69. The van der Waals surface area contributed by atoms with Gasteiger partial charge in [0.05, 0.1) is 6.42 Å². The Bertz CT molecular complexity index is 353. The van der Waals surface area contributed by atoms with E-state index in [0.29, 0.717) is 11.8 Å². The van der Waals surface area contributed by atoms with E-state index in [1.54, 1.807) is 0 Å². The quantitative estimate of drug-likeness (QED) is 0.0852. The number of carbonyl (C=O) groups excluding carboxylic acids is 2. The lowest BCUT2D eigenvalue weighted by molar-refractivity contribution is -0.159. The number of hydrogen-bond acceptors (Lipinski definition) is 3. The molecule has 0 saturated heterocycles. The van der Waals surface area contributed by atoms with Crippen LogP contribution in [-0.2, 0) is 14.3 Å². The van der Waals surface area contributed by atoms with Crippen LogP contribution in [0, 0.1) is 0 Å². The Morgan fingerprint density at radius 2 is 1.20 bits per heavy atom. The van der Waals surface area contributed by atoms with E-state index in [9.17, 15) is 9.59 Å². The molecule has 0 bridgehead atoms. The highest BCUT2D eigenvalue weighted by molar-refractivity contribution is 9.09.